The highest BCUT2D eigenvalue weighted by molar-refractivity contribution is 14.0. The summed E-state index contributed by atoms with van der Waals surface area (Å²) in [5.74, 6) is 1.42. The van der Waals surface area contributed by atoms with Gasteiger partial charge in [0.1, 0.15) is 0 Å². The Hall–Kier alpha value is -1.84. The number of aromatic nitrogens is 2. The quantitative estimate of drug-likeness (QED) is 0.376. The summed E-state index contributed by atoms with van der Waals surface area (Å²) in [4.78, 5) is 6.67. The minimum absolute atomic E-state index is 0. The van der Waals surface area contributed by atoms with Crippen LogP contribution >= 0.6 is 24.0 Å². The number of likely N-dealkylation sites (tertiary alicyclic amines) is 1. The Morgan fingerprint density at radius 3 is 2.86 bits per heavy atom. The van der Waals surface area contributed by atoms with E-state index in [-0.39, 0.29) is 29.8 Å². The van der Waals surface area contributed by atoms with Gasteiger partial charge in [-0.3, -0.25) is 9.67 Å². The molecule has 3 rings (SSSR count). The van der Waals surface area contributed by atoms with Crippen LogP contribution in [-0.2, 0) is 20.0 Å². The summed E-state index contributed by atoms with van der Waals surface area (Å²) < 4.78 is 21.1. The number of nitrogens with zero attached hydrogens (tertiary/aromatic N) is 4. The normalized spacial score (nSPS) is 16.8. The lowest BCUT2D eigenvalue weighted by Gasteiger charge is -2.22. The Balaban J connectivity index is 0.00000280. The van der Waals surface area contributed by atoms with Crippen molar-refractivity contribution in [3.8, 4) is 5.75 Å². The first-order valence-corrected chi connectivity index (χ1v) is 9.43. The second kappa shape index (κ2) is 10.6. The predicted molar refractivity (Wildman–Crippen MR) is 120 cm³/mol. The zero-order valence-corrected chi connectivity index (χ0v) is 19.0. The molecule has 2 heterocycles. The summed E-state index contributed by atoms with van der Waals surface area (Å²) in [7, 11) is 3.73. The van der Waals surface area contributed by atoms with Crippen LogP contribution in [0.2, 0.25) is 0 Å². The largest absolute Gasteiger partial charge is 0.491 e. The molecule has 1 aliphatic heterocycles. The van der Waals surface area contributed by atoms with Gasteiger partial charge in [0.05, 0.1) is 12.8 Å². The van der Waals surface area contributed by atoms with E-state index < -0.39 is 0 Å². The second-order valence-electron chi connectivity index (χ2n) is 6.93. The standard InChI is InChI=1S/C20H28FN5O.HI/c1-4-27-19-6-5-15(10-18(19)21)11-23-20(22-2)26-8-7-16(14-26)9-17-12-24-25(3)13-17;/h5-6,10,12-13,16H,4,7-9,11,14H2,1-3H3,(H,22,23);1H. The molecule has 1 aromatic carbocycles. The molecule has 154 valence electrons. The molecular formula is C20H29FIN5O. The van der Waals surface area contributed by atoms with Gasteiger partial charge >= 0.3 is 0 Å². The molecule has 1 fully saturated rings. The maximum atomic E-state index is 14.0. The first-order chi connectivity index (χ1) is 13.1. The fraction of sp³-hybridized carbons (Fsp3) is 0.500. The van der Waals surface area contributed by atoms with Gasteiger partial charge in [0.25, 0.3) is 0 Å². The summed E-state index contributed by atoms with van der Waals surface area (Å²) >= 11 is 0. The van der Waals surface area contributed by atoms with Crippen molar-refractivity contribution in [2.75, 3.05) is 26.7 Å². The highest BCUT2D eigenvalue weighted by Crippen LogP contribution is 2.21. The third-order valence-corrected chi connectivity index (χ3v) is 4.83. The number of aliphatic imine (C=N–C) groups is 1. The monoisotopic (exact) mass is 501 g/mol. The van der Waals surface area contributed by atoms with Crippen molar-refractivity contribution in [2.45, 2.75) is 26.3 Å². The molecule has 0 spiro atoms. The van der Waals surface area contributed by atoms with Gasteiger partial charge in [-0.1, -0.05) is 6.07 Å². The molecule has 1 saturated heterocycles. The van der Waals surface area contributed by atoms with Crippen LogP contribution in [0.3, 0.4) is 0 Å². The van der Waals surface area contributed by atoms with Crippen molar-refractivity contribution in [2.24, 2.45) is 18.0 Å². The van der Waals surface area contributed by atoms with Gasteiger partial charge in [0.2, 0.25) is 0 Å². The highest BCUT2D eigenvalue weighted by atomic mass is 127. The van der Waals surface area contributed by atoms with Crippen molar-refractivity contribution in [3.05, 3.63) is 47.5 Å². The molecule has 28 heavy (non-hydrogen) atoms. The lowest BCUT2D eigenvalue weighted by molar-refractivity contribution is 0.321. The Kier molecular flexibility index (Phi) is 8.53. The van der Waals surface area contributed by atoms with E-state index in [0.29, 0.717) is 24.8 Å². The third-order valence-electron chi connectivity index (χ3n) is 4.83. The van der Waals surface area contributed by atoms with Gasteiger partial charge < -0.3 is 15.0 Å². The summed E-state index contributed by atoms with van der Waals surface area (Å²) in [5.41, 5.74) is 2.14. The maximum absolute atomic E-state index is 14.0. The number of ether oxygens (including phenoxy) is 1. The van der Waals surface area contributed by atoms with Crippen LogP contribution in [0.4, 0.5) is 4.39 Å². The molecule has 1 unspecified atom stereocenters. The molecule has 2 aromatic rings. The Morgan fingerprint density at radius 1 is 1.39 bits per heavy atom. The van der Waals surface area contributed by atoms with Crippen molar-refractivity contribution in [1.29, 1.82) is 0 Å². The lowest BCUT2D eigenvalue weighted by Crippen LogP contribution is -2.39. The van der Waals surface area contributed by atoms with Crippen LogP contribution in [-0.4, -0.2) is 47.4 Å². The Morgan fingerprint density at radius 2 is 2.21 bits per heavy atom. The summed E-state index contributed by atoms with van der Waals surface area (Å²) in [6, 6.07) is 5.07. The Labute approximate surface area is 183 Å². The zero-order valence-electron chi connectivity index (χ0n) is 16.7. The molecular weight excluding hydrogens is 472 g/mol. The SMILES string of the molecule is CCOc1ccc(CNC(=NC)N2CCC(Cc3cnn(C)c3)C2)cc1F.I. The van der Waals surface area contributed by atoms with Crippen molar-refractivity contribution >= 4 is 29.9 Å². The number of benzene rings is 1. The molecule has 6 nitrogen and oxygen atoms in total. The fourth-order valence-electron chi connectivity index (χ4n) is 3.54. The van der Waals surface area contributed by atoms with Crippen LogP contribution < -0.4 is 10.1 Å². The molecule has 1 atom stereocenters. The number of nitrogens with one attached hydrogen (secondary N) is 1. The van der Waals surface area contributed by atoms with Crippen LogP contribution in [0.1, 0.15) is 24.5 Å². The van der Waals surface area contributed by atoms with E-state index >= 15 is 0 Å². The van der Waals surface area contributed by atoms with E-state index in [0.717, 1.165) is 37.5 Å². The topological polar surface area (TPSA) is 54.7 Å². The number of rotatable bonds is 6. The highest BCUT2D eigenvalue weighted by Gasteiger charge is 2.25. The van der Waals surface area contributed by atoms with Gasteiger partial charge in [-0.2, -0.15) is 5.10 Å². The molecule has 0 bridgehead atoms. The van der Waals surface area contributed by atoms with Gasteiger partial charge in [0.15, 0.2) is 17.5 Å². The molecule has 0 saturated carbocycles. The van der Waals surface area contributed by atoms with E-state index in [4.69, 9.17) is 4.74 Å². The first kappa shape index (κ1) is 22.4. The fourth-order valence-corrected chi connectivity index (χ4v) is 3.54. The van der Waals surface area contributed by atoms with E-state index in [9.17, 15) is 4.39 Å². The van der Waals surface area contributed by atoms with Crippen LogP contribution in [0, 0.1) is 11.7 Å². The number of hydrogen-bond acceptors (Lipinski definition) is 3. The number of hydrogen-bond donors (Lipinski definition) is 1. The number of aryl methyl sites for hydroxylation is 1. The van der Waals surface area contributed by atoms with E-state index in [1.807, 2.05) is 30.9 Å². The molecule has 0 aliphatic carbocycles. The van der Waals surface area contributed by atoms with Gasteiger partial charge in [-0.25, -0.2) is 4.39 Å². The summed E-state index contributed by atoms with van der Waals surface area (Å²) in [5, 5.41) is 7.59. The number of halogens is 2. The van der Waals surface area contributed by atoms with Crippen LogP contribution in [0.15, 0.2) is 35.6 Å². The van der Waals surface area contributed by atoms with Gasteiger partial charge in [-0.05, 0) is 48.9 Å². The zero-order chi connectivity index (χ0) is 19.2. The average molecular weight is 501 g/mol. The molecule has 0 amide bonds. The molecule has 0 radical (unpaired) electrons. The lowest BCUT2D eigenvalue weighted by atomic mass is 10.0. The molecule has 1 aliphatic rings. The van der Waals surface area contributed by atoms with E-state index in [1.54, 1.807) is 13.1 Å². The second-order valence-corrected chi connectivity index (χ2v) is 6.93. The number of guanidine groups is 1. The van der Waals surface area contributed by atoms with Gasteiger partial charge in [-0.15, -0.1) is 24.0 Å². The molecule has 1 aromatic heterocycles. The van der Waals surface area contributed by atoms with E-state index in [2.05, 4.69) is 26.5 Å². The smallest absolute Gasteiger partial charge is 0.193 e. The third kappa shape index (κ3) is 5.83. The average Bonchev–Trinajstić information content (AvgIpc) is 3.27. The van der Waals surface area contributed by atoms with Crippen LogP contribution in [0.5, 0.6) is 5.75 Å². The maximum Gasteiger partial charge on any atom is 0.193 e. The summed E-state index contributed by atoms with van der Waals surface area (Å²) in [6.45, 7) is 4.76. The van der Waals surface area contributed by atoms with Crippen molar-refractivity contribution in [3.63, 3.8) is 0 Å². The summed E-state index contributed by atoms with van der Waals surface area (Å²) in [6.07, 6.45) is 6.19. The minimum Gasteiger partial charge on any atom is -0.491 e. The Bertz CT molecular complexity index is 795. The van der Waals surface area contributed by atoms with Crippen molar-refractivity contribution < 1.29 is 9.13 Å². The molecule has 1 N–H and O–H groups in total. The molecule has 8 heteroatoms. The van der Waals surface area contributed by atoms with E-state index in [1.165, 1.54) is 11.6 Å². The van der Waals surface area contributed by atoms with Gasteiger partial charge in [0, 0.05) is 39.9 Å². The predicted octanol–water partition coefficient (Wildman–Crippen LogP) is 3.22. The first-order valence-electron chi connectivity index (χ1n) is 9.43. The minimum atomic E-state index is -0.330. The van der Waals surface area contributed by atoms with Crippen LogP contribution in [0.25, 0.3) is 0 Å². The van der Waals surface area contributed by atoms with Crippen molar-refractivity contribution in [1.82, 2.24) is 20.0 Å².